The van der Waals surface area contributed by atoms with Gasteiger partial charge in [-0.2, -0.15) is 0 Å². The summed E-state index contributed by atoms with van der Waals surface area (Å²) in [6, 6.07) is 8.43. The summed E-state index contributed by atoms with van der Waals surface area (Å²) in [4.78, 5) is 0. The predicted octanol–water partition coefficient (Wildman–Crippen LogP) is 1.11. The zero-order valence-corrected chi connectivity index (χ0v) is 8.03. The predicted molar refractivity (Wildman–Crippen MR) is 54.6 cm³/mol. The molecule has 1 atom stereocenters. The molecule has 0 aliphatic carbocycles. The minimum atomic E-state index is 0.198. The van der Waals surface area contributed by atoms with Gasteiger partial charge in [-0.3, -0.25) is 0 Å². The number of aliphatic hydroxyl groups excluding tert-OH is 1. The van der Waals surface area contributed by atoms with E-state index >= 15 is 0 Å². The molecule has 1 aromatic carbocycles. The number of hydrogen-bond donors (Lipinski definition) is 2. The van der Waals surface area contributed by atoms with Gasteiger partial charge in [-0.1, -0.05) is 24.3 Å². The van der Waals surface area contributed by atoms with Gasteiger partial charge in [0.25, 0.3) is 0 Å². The number of aliphatic hydroxyl groups is 1. The van der Waals surface area contributed by atoms with E-state index in [-0.39, 0.29) is 12.6 Å². The molecule has 0 aliphatic heterocycles. The summed E-state index contributed by atoms with van der Waals surface area (Å²) in [5.74, 6) is 0. The van der Waals surface area contributed by atoms with Crippen molar-refractivity contribution < 1.29 is 5.11 Å². The fourth-order valence-electron chi connectivity index (χ4n) is 1.41. The molecular weight excluding hydrogens is 162 g/mol. The Morgan fingerprint density at radius 3 is 2.69 bits per heavy atom. The molecule has 0 aromatic heterocycles. The molecule has 0 saturated heterocycles. The molecule has 72 valence electrons. The van der Waals surface area contributed by atoms with Crippen molar-refractivity contribution in [2.24, 2.45) is 5.73 Å². The quantitative estimate of drug-likeness (QED) is 0.727. The smallest absolute Gasteiger partial charge is 0.0471 e. The molecule has 0 bridgehead atoms. The summed E-state index contributed by atoms with van der Waals surface area (Å²) < 4.78 is 0. The van der Waals surface area contributed by atoms with E-state index in [9.17, 15) is 0 Å². The molecule has 0 aliphatic rings. The number of rotatable bonds is 4. The number of benzene rings is 1. The molecule has 0 fully saturated rings. The Kier molecular flexibility index (Phi) is 3.93. The molecule has 1 unspecified atom stereocenters. The van der Waals surface area contributed by atoms with Crippen molar-refractivity contribution in [2.45, 2.75) is 25.8 Å². The van der Waals surface area contributed by atoms with E-state index in [1.165, 1.54) is 11.1 Å². The van der Waals surface area contributed by atoms with Crippen LogP contribution in [0.3, 0.4) is 0 Å². The Labute approximate surface area is 79.4 Å². The Hall–Kier alpha value is -0.860. The zero-order valence-electron chi connectivity index (χ0n) is 8.03. The van der Waals surface area contributed by atoms with E-state index in [2.05, 4.69) is 12.1 Å². The van der Waals surface area contributed by atoms with Gasteiger partial charge in [-0.05, 0) is 30.9 Å². The third kappa shape index (κ3) is 3.57. The second-order valence-electron chi connectivity index (χ2n) is 3.47. The van der Waals surface area contributed by atoms with Crippen LogP contribution >= 0.6 is 0 Å². The van der Waals surface area contributed by atoms with Crippen LogP contribution in [0.4, 0.5) is 0 Å². The third-order valence-corrected chi connectivity index (χ3v) is 1.95. The Bertz CT molecular complexity index is 258. The summed E-state index contributed by atoms with van der Waals surface area (Å²) in [5, 5.41) is 8.77. The van der Waals surface area contributed by atoms with Crippen LogP contribution < -0.4 is 5.73 Å². The summed E-state index contributed by atoms with van der Waals surface area (Å²) in [6.07, 6.45) is 1.63. The van der Waals surface area contributed by atoms with Crippen molar-refractivity contribution in [3.8, 4) is 0 Å². The van der Waals surface area contributed by atoms with E-state index in [1.54, 1.807) is 0 Å². The highest BCUT2D eigenvalue weighted by atomic mass is 16.2. The molecule has 0 amide bonds. The first-order valence-electron chi connectivity index (χ1n) is 4.66. The van der Waals surface area contributed by atoms with Crippen molar-refractivity contribution in [2.75, 3.05) is 6.61 Å². The summed E-state index contributed by atoms with van der Waals surface area (Å²) >= 11 is 0. The maximum absolute atomic E-state index is 8.77. The molecule has 1 aromatic rings. The monoisotopic (exact) mass is 179 g/mol. The third-order valence-electron chi connectivity index (χ3n) is 1.95. The maximum Gasteiger partial charge on any atom is 0.0471 e. The zero-order chi connectivity index (χ0) is 9.68. The highest BCUT2D eigenvalue weighted by Crippen LogP contribution is 2.07. The molecular formula is C11H17NO. The van der Waals surface area contributed by atoms with Crippen molar-refractivity contribution in [1.29, 1.82) is 0 Å². The van der Waals surface area contributed by atoms with Crippen LogP contribution in [0.5, 0.6) is 0 Å². The van der Waals surface area contributed by atoms with Crippen molar-refractivity contribution in [3.63, 3.8) is 0 Å². The molecule has 3 N–H and O–H groups in total. The van der Waals surface area contributed by atoms with Gasteiger partial charge in [-0.15, -0.1) is 0 Å². The Morgan fingerprint density at radius 1 is 1.38 bits per heavy atom. The molecule has 1 rings (SSSR count). The van der Waals surface area contributed by atoms with Gasteiger partial charge in [0.05, 0.1) is 0 Å². The van der Waals surface area contributed by atoms with Gasteiger partial charge < -0.3 is 10.8 Å². The lowest BCUT2D eigenvalue weighted by atomic mass is 10.0. The van der Waals surface area contributed by atoms with Crippen LogP contribution in [-0.2, 0) is 12.8 Å². The van der Waals surface area contributed by atoms with Gasteiger partial charge in [0.1, 0.15) is 0 Å². The van der Waals surface area contributed by atoms with Crippen molar-refractivity contribution >= 4 is 0 Å². The van der Waals surface area contributed by atoms with Gasteiger partial charge >= 0.3 is 0 Å². The van der Waals surface area contributed by atoms with E-state index < -0.39 is 0 Å². The second-order valence-corrected chi connectivity index (χ2v) is 3.47. The van der Waals surface area contributed by atoms with Crippen LogP contribution in [0.2, 0.25) is 0 Å². The highest BCUT2D eigenvalue weighted by Gasteiger charge is 1.98. The normalized spacial score (nSPS) is 12.8. The fraction of sp³-hybridized carbons (Fsp3) is 0.455. The standard InChI is InChI=1S/C11H17NO/c1-9(12)7-11-4-2-3-10(8-11)5-6-13/h2-4,8-9,13H,5-7,12H2,1H3. The molecule has 0 radical (unpaired) electrons. The largest absolute Gasteiger partial charge is 0.396 e. The fourth-order valence-corrected chi connectivity index (χ4v) is 1.41. The van der Waals surface area contributed by atoms with Crippen molar-refractivity contribution in [3.05, 3.63) is 35.4 Å². The first-order valence-corrected chi connectivity index (χ1v) is 4.66. The molecule has 0 heterocycles. The van der Waals surface area contributed by atoms with Crippen LogP contribution in [0.25, 0.3) is 0 Å². The molecule has 13 heavy (non-hydrogen) atoms. The summed E-state index contributed by atoms with van der Waals surface area (Å²) in [7, 11) is 0. The minimum absolute atomic E-state index is 0.198. The van der Waals surface area contributed by atoms with Crippen LogP contribution in [0.1, 0.15) is 18.1 Å². The van der Waals surface area contributed by atoms with E-state index in [1.807, 2.05) is 19.1 Å². The first kappa shape index (κ1) is 10.2. The van der Waals surface area contributed by atoms with Crippen LogP contribution in [0.15, 0.2) is 24.3 Å². The second kappa shape index (κ2) is 5.00. The highest BCUT2D eigenvalue weighted by molar-refractivity contribution is 5.24. The average Bonchev–Trinajstić information content (AvgIpc) is 2.04. The lowest BCUT2D eigenvalue weighted by Crippen LogP contribution is -2.17. The maximum atomic E-state index is 8.77. The van der Waals surface area contributed by atoms with Crippen LogP contribution in [0, 0.1) is 0 Å². The Morgan fingerprint density at radius 2 is 2.08 bits per heavy atom. The van der Waals surface area contributed by atoms with Crippen LogP contribution in [-0.4, -0.2) is 17.8 Å². The first-order chi connectivity index (χ1) is 6.22. The van der Waals surface area contributed by atoms with Gasteiger partial charge in [0, 0.05) is 12.6 Å². The lowest BCUT2D eigenvalue weighted by Gasteiger charge is -2.06. The summed E-state index contributed by atoms with van der Waals surface area (Å²) in [6.45, 7) is 2.21. The van der Waals surface area contributed by atoms with E-state index in [0.29, 0.717) is 0 Å². The topological polar surface area (TPSA) is 46.2 Å². The molecule has 2 heteroatoms. The van der Waals surface area contributed by atoms with Gasteiger partial charge in [0.2, 0.25) is 0 Å². The molecule has 2 nitrogen and oxygen atoms in total. The molecule has 0 spiro atoms. The lowest BCUT2D eigenvalue weighted by molar-refractivity contribution is 0.299. The van der Waals surface area contributed by atoms with Gasteiger partial charge in [-0.25, -0.2) is 0 Å². The minimum Gasteiger partial charge on any atom is -0.396 e. The Balaban J connectivity index is 2.67. The number of hydrogen-bond acceptors (Lipinski definition) is 2. The molecule has 0 saturated carbocycles. The summed E-state index contributed by atoms with van der Waals surface area (Å²) in [5.41, 5.74) is 8.13. The number of nitrogens with two attached hydrogens (primary N) is 1. The van der Waals surface area contributed by atoms with E-state index in [0.717, 1.165) is 12.8 Å². The van der Waals surface area contributed by atoms with Crippen molar-refractivity contribution in [1.82, 2.24) is 0 Å². The van der Waals surface area contributed by atoms with Gasteiger partial charge in [0.15, 0.2) is 0 Å². The SMILES string of the molecule is CC(N)Cc1cccc(CCO)c1. The average molecular weight is 179 g/mol. The van der Waals surface area contributed by atoms with E-state index in [4.69, 9.17) is 10.8 Å².